The Bertz CT molecular complexity index is 1380. The summed E-state index contributed by atoms with van der Waals surface area (Å²) in [5, 5.41) is 2.85. The van der Waals surface area contributed by atoms with Crippen molar-refractivity contribution in [1.82, 2.24) is 9.62 Å². The Kier molecular flexibility index (Phi) is 7.42. The monoisotopic (exact) mass is 507 g/mol. The summed E-state index contributed by atoms with van der Waals surface area (Å²) in [6, 6.07) is 21.6. The van der Waals surface area contributed by atoms with E-state index in [2.05, 4.69) is 5.32 Å². The van der Waals surface area contributed by atoms with Crippen molar-refractivity contribution in [1.29, 1.82) is 0 Å². The largest absolute Gasteiger partial charge is 0.477 e. The topological polar surface area (TPSA) is 96.0 Å². The van der Waals surface area contributed by atoms with Crippen LogP contribution in [0.15, 0.2) is 77.7 Å². The predicted octanol–water partition coefficient (Wildman–Crippen LogP) is 3.03. The van der Waals surface area contributed by atoms with Gasteiger partial charge in [0.05, 0.1) is 23.7 Å². The van der Waals surface area contributed by atoms with E-state index >= 15 is 0 Å². The molecule has 36 heavy (non-hydrogen) atoms. The van der Waals surface area contributed by atoms with Gasteiger partial charge in [0, 0.05) is 13.6 Å². The normalized spacial score (nSPS) is 15.2. The molecule has 2 amide bonds. The molecule has 0 aromatic heterocycles. The van der Waals surface area contributed by atoms with Crippen LogP contribution in [-0.4, -0.2) is 50.8 Å². The van der Waals surface area contributed by atoms with E-state index in [1.807, 2.05) is 43.3 Å². The van der Waals surface area contributed by atoms with E-state index in [4.69, 9.17) is 4.74 Å². The molecule has 0 saturated heterocycles. The van der Waals surface area contributed by atoms with Crippen molar-refractivity contribution < 1.29 is 22.7 Å². The second-order valence-corrected chi connectivity index (χ2v) is 10.8. The van der Waals surface area contributed by atoms with Crippen molar-refractivity contribution in [2.24, 2.45) is 0 Å². The molecular weight excluding hydrogens is 478 g/mol. The van der Waals surface area contributed by atoms with Gasteiger partial charge in [-0.1, -0.05) is 54.6 Å². The first kappa shape index (κ1) is 25.4. The summed E-state index contributed by atoms with van der Waals surface area (Å²) in [6.45, 7) is 3.44. The van der Waals surface area contributed by atoms with Gasteiger partial charge in [-0.3, -0.25) is 9.59 Å². The smallest absolute Gasteiger partial charge is 0.263 e. The maximum atomic E-state index is 13.4. The van der Waals surface area contributed by atoms with Crippen LogP contribution in [-0.2, 0) is 26.2 Å². The number of hydrogen-bond acceptors (Lipinski definition) is 5. The summed E-state index contributed by atoms with van der Waals surface area (Å²) in [5.74, 6) is -0.428. The zero-order valence-electron chi connectivity index (χ0n) is 20.5. The Hall–Kier alpha value is -3.69. The molecule has 3 aromatic rings. The quantitative estimate of drug-likeness (QED) is 0.530. The summed E-state index contributed by atoms with van der Waals surface area (Å²) >= 11 is 0. The lowest BCUT2D eigenvalue weighted by Gasteiger charge is -2.35. The van der Waals surface area contributed by atoms with Crippen LogP contribution in [0, 0.1) is 13.8 Å². The summed E-state index contributed by atoms with van der Waals surface area (Å²) in [4.78, 5) is 27.9. The molecule has 4 rings (SSSR count). The van der Waals surface area contributed by atoms with Gasteiger partial charge in [0.1, 0.15) is 5.75 Å². The number of amides is 2. The number of likely N-dealkylation sites (N-methyl/N-ethyl adjacent to an activating group) is 1. The molecule has 9 heteroatoms. The molecule has 188 valence electrons. The maximum Gasteiger partial charge on any atom is 0.263 e. The first-order valence-electron chi connectivity index (χ1n) is 11.6. The van der Waals surface area contributed by atoms with Crippen LogP contribution in [0.2, 0.25) is 0 Å². The Balaban J connectivity index is 1.51. The van der Waals surface area contributed by atoms with Gasteiger partial charge >= 0.3 is 0 Å². The number of hydrogen-bond donors (Lipinski definition) is 1. The fourth-order valence-corrected chi connectivity index (χ4v) is 5.45. The van der Waals surface area contributed by atoms with Crippen molar-refractivity contribution in [2.75, 3.05) is 25.0 Å². The first-order valence-corrected chi connectivity index (χ1v) is 13.0. The molecule has 0 radical (unpaired) electrons. The highest BCUT2D eigenvalue weighted by Crippen LogP contribution is 2.33. The van der Waals surface area contributed by atoms with Gasteiger partial charge in [-0.25, -0.2) is 8.42 Å². The highest BCUT2D eigenvalue weighted by Gasteiger charge is 2.35. The Morgan fingerprint density at radius 2 is 1.72 bits per heavy atom. The van der Waals surface area contributed by atoms with E-state index in [0.717, 1.165) is 15.4 Å². The van der Waals surface area contributed by atoms with E-state index in [0.29, 0.717) is 23.5 Å². The molecule has 1 aliphatic heterocycles. The molecule has 1 atom stereocenters. The number of ether oxygens (including phenoxy) is 1. The first-order chi connectivity index (χ1) is 17.2. The molecule has 0 unspecified atom stereocenters. The number of carbonyl (C=O) groups excluding carboxylic acids is 2. The highest BCUT2D eigenvalue weighted by atomic mass is 32.2. The molecule has 0 aliphatic carbocycles. The number of para-hydroxylation sites is 2. The number of aryl methyl sites for hydroxylation is 2. The second-order valence-electron chi connectivity index (χ2n) is 8.81. The van der Waals surface area contributed by atoms with Crippen molar-refractivity contribution >= 4 is 27.5 Å². The Morgan fingerprint density at radius 1 is 1.03 bits per heavy atom. The summed E-state index contributed by atoms with van der Waals surface area (Å²) in [7, 11) is -2.52. The van der Waals surface area contributed by atoms with Crippen LogP contribution in [0.1, 0.15) is 16.7 Å². The molecule has 0 bridgehead atoms. The number of nitrogens with zero attached hydrogens (tertiary/aromatic N) is 2. The van der Waals surface area contributed by atoms with Gasteiger partial charge in [0.25, 0.3) is 5.91 Å². The Morgan fingerprint density at radius 3 is 2.47 bits per heavy atom. The van der Waals surface area contributed by atoms with Gasteiger partial charge in [-0.05, 0) is 48.7 Å². The van der Waals surface area contributed by atoms with E-state index in [1.54, 1.807) is 43.3 Å². The summed E-state index contributed by atoms with van der Waals surface area (Å²) in [6.07, 6.45) is -0.937. The minimum absolute atomic E-state index is 0.0339. The molecule has 0 fully saturated rings. The van der Waals surface area contributed by atoms with Gasteiger partial charge in [0.2, 0.25) is 15.9 Å². The van der Waals surface area contributed by atoms with E-state index in [1.165, 1.54) is 11.9 Å². The number of sulfonamides is 1. The minimum atomic E-state index is -3.90. The number of nitrogens with one attached hydrogen (secondary N) is 1. The molecule has 1 N–H and O–H groups in total. The van der Waals surface area contributed by atoms with Crippen molar-refractivity contribution in [3.8, 4) is 5.75 Å². The average molecular weight is 508 g/mol. The molecule has 0 saturated carbocycles. The van der Waals surface area contributed by atoms with Crippen LogP contribution >= 0.6 is 0 Å². The number of benzene rings is 3. The molecule has 1 aliphatic rings. The number of rotatable bonds is 7. The fraction of sp³-hybridized carbons (Fsp3) is 0.259. The van der Waals surface area contributed by atoms with Crippen molar-refractivity contribution in [3.63, 3.8) is 0 Å². The third-order valence-corrected chi connectivity index (χ3v) is 8.01. The lowest BCUT2D eigenvalue weighted by Crippen LogP contribution is -2.52. The standard InChI is InChI=1S/C27H29N3O5S/c1-19-13-14-20(2)25(15-19)36(33,34)29(3)18-26(31)30-17-24(35-23-12-8-7-11-22(23)30)27(32)28-16-21-9-5-4-6-10-21/h4-15,24H,16-18H2,1-3H3,(H,28,32)/t24-/m1/s1. The predicted molar refractivity (Wildman–Crippen MR) is 137 cm³/mol. The SMILES string of the molecule is Cc1ccc(C)c(S(=O)(=O)N(C)CC(=O)N2C[C@H](C(=O)NCc3ccccc3)Oc3ccccc32)c1. The van der Waals surface area contributed by atoms with Gasteiger partial charge in [0.15, 0.2) is 6.10 Å². The van der Waals surface area contributed by atoms with Crippen molar-refractivity contribution in [2.45, 2.75) is 31.4 Å². The van der Waals surface area contributed by atoms with E-state index in [9.17, 15) is 18.0 Å². The Labute approximate surface area is 211 Å². The van der Waals surface area contributed by atoms with Crippen LogP contribution in [0.4, 0.5) is 5.69 Å². The van der Waals surface area contributed by atoms with Gasteiger partial charge in [-0.15, -0.1) is 0 Å². The lowest BCUT2D eigenvalue weighted by molar-refractivity contribution is -0.128. The lowest BCUT2D eigenvalue weighted by atomic mass is 10.1. The zero-order valence-corrected chi connectivity index (χ0v) is 21.3. The highest BCUT2D eigenvalue weighted by molar-refractivity contribution is 7.89. The number of carbonyl (C=O) groups is 2. The fourth-order valence-electron chi connectivity index (χ4n) is 4.02. The van der Waals surface area contributed by atoms with Gasteiger partial charge < -0.3 is 15.0 Å². The maximum absolute atomic E-state index is 13.4. The zero-order chi connectivity index (χ0) is 25.9. The second kappa shape index (κ2) is 10.5. The third kappa shape index (κ3) is 5.42. The molecule has 8 nitrogen and oxygen atoms in total. The van der Waals surface area contributed by atoms with E-state index < -0.39 is 22.0 Å². The van der Waals surface area contributed by atoms with Crippen LogP contribution in [0.25, 0.3) is 0 Å². The molecular formula is C27H29N3O5S. The molecule has 3 aromatic carbocycles. The average Bonchev–Trinajstić information content (AvgIpc) is 2.88. The number of anilines is 1. The van der Waals surface area contributed by atoms with Crippen LogP contribution < -0.4 is 15.0 Å². The third-order valence-electron chi connectivity index (χ3n) is 6.07. The summed E-state index contributed by atoms with van der Waals surface area (Å²) < 4.78 is 33.4. The molecule has 0 spiro atoms. The van der Waals surface area contributed by atoms with E-state index in [-0.39, 0.29) is 23.9 Å². The minimum Gasteiger partial charge on any atom is -0.477 e. The van der Waals surface area contributed by atoms with Gasteiger partial charge in [-0.2, -0.15) is 4.31 Å². The van der Waals surface area contributed by atoms with Crippen LogP contribution in [0.3, 0.4) is 0 Å². The van der Waals surface area contributed by atoms with Crippen molar-refractivity contribution in [3.05, 3.63) is 89.5 Å². The molecule has 1 heterocycles. The van der Waals surface area contributed by atoms with Crippen LogP contribution in [0.5, 0.6) is 5.75 Å². The number of fused-ring (bicyclic) bond motifs is 1. The summed E-state index contributed by atoms with van der Waals surface area (Å²) in [5.41, 5.74) is 2.84.